The minimum absolute atomic E-state index is 0.00107. The standard InChI is InChI=1S/C14H19BrN2O2/c1-14(7-3-4-8-16-14)13(18)17-12-9-10(19-2)5-6-11(12)15/h5-6,9,16H,3-4,7-8H2,1-2H3,(H,17,18). The maximum atomic E-state index is 12.4. The van der Waals surface area contributed by atoms with Crippen molar-refractivity contribution in [2.75, 3.05) is 19.0 Å². The summed E-state index contributed by atoms with van der Waals surface area (Å²) in [6, 6.07) is 5.53. The van der Waals surface area contributed by atoms with E-state index < -0.39 is 5.54 Å². The number of rotatable bonds is 3. The van der Waals surface area contributed by atoms with Crippen LogP contribution in [0.2, 0.25) is 0 Å². The van der Waals surface area contributed by atoms with Crippen molar-refractivity contribution in [2.45, 2.75) is 31.7 Å². The van der Waals surface area contributed by atoms with Crippen molar-refractivity contribution in [3.05, 3.63) is 22.7 Å². The number of piperidine rings is 1. The highest BCUT2D eigenvalue weighted by Gasteiger charge is 2.34. The number of carbonyl (C=O) groups excluding carboxylic acids is 1. The number of nitrogens with one attached hydrogen (secondary N) is 2. The number of benzene rings is 1. The van der Waals surface area contributed by atoms with Crippen molar-refractivity contribution in [1.29, 1.82) is 0 Å². The number of hydrogen-bond donors (Lipinski definition) is 2. The first-order chi connectivity index (χ1) is 9.05. The largest absolute Gasteiger partial charge is 0.497 e. The lowest BCUT2D eigenvalue weighted by Crippen LogP contribution is -2.54. The number of ether oxygens (including phenoxy) is 1. The van der Waals surface area contributed by atoms with Gasteiger partial charge in [0.05, 0.1) is 18.3 Å². The molecule has 2 N–H and O–H groups in total. The Morgan fingerprint density at radius 2 is 2.26 bits per heavy atom. The Hall–Kier alpha value is -1.07. The number of hydrogen-bond acceptors (Lipinski definition) is 3. The molecule has 1 aromatic carbocycles. The van der Waals surface area contributed by atoms with Crippen LogP contribution in [-0.2, 0) is 4.79 Å². The lowest BCUT2D eigenvalue weighted by Gasteiger charge is -2.33. The van der Waals surface area contributed by atoms with E-state index in [0.29, 0.717) is 0 Å². The first kappa shape index (κ1) is 14.3. The molecule has 1 aliphatic heterocycles. The Morgan fingerprint density at radius 3 is 2.89 bits per heavy atom. The van der Waals surface area contributed by atoms with Crippen LogP contribution < -0.4 is 15.4 Å². The van der Waals surface area contributed by atoms with Crippen LogP contribution in [0.25, 0.3) is 0 Å². The van der Waals surface area contributed by atoms with E-state index in [0.717, 1.165) is 41.7 Å². The van der Waals surface area contributed by atoms with Gasteiger partial charge in [-0.25, -0.2) is 0 Å². The van der Waals surface area contributed by atoms with Crippen LogP contribution >= 0.6 is 15.9 Å². The van der Waals surface area contributed by atoms with Crippen molar-refractivity contribution < 1.29 is 9.53 Å². The number of anilines is 1. The average molecular weight is 327 g/mol. The van der Waals surface area contributed by atoms with Crippen LogP contribution in [0.5, 0.6) is 5.75 Å². The molecule has 0 spiro atoms. The van der Waals surface area contributed by atoms with Crippen molar-refractivity contribution in [1.82, 2.24) is 5.32 Å². The average Bonchev–Trinajstić information content (AvgIpc) is 2.42. The van der Waals surface area contributed by atoms with Gasteiger partial charge in [0.2, 0.25) is 5.91 Å². The van der Waals surface area contributed by atoms with Gasteiger partial charge in [-0.3, -0.25) is 4.79 Å². The predicted octanol–water partition coefficient (Wildman–Crippen LogP) is 2.93. The van der Waals surface area contributed by atoms with E-state index >= 15 is 0 Å². The summed E-state index contributed by atoms with van der Waals surface area (Å²) in [5.41, 5.74) is 0.249. The Bertz CT molecular complexity index is 471. The SMILES string of the molecule is COc1ccc(Br)c(NC(=O)C2(C)CCCCN2)c1. The first-order valence-corrected chi connectivity index (χ1v) is 7.24. The van der Waals surface area contributed by atoms with Gasteiger partial charge in [-0.05, 0) is 60.8 Å². The quantitative estimate of drug-likeness (QED) is 0.897. The molecule has 1 heterocycles. The van der Waals surface area contributed by atoms with Crippen LogP contribution in [0.15, 0.2) is 22.7 Å². The summed E-state index contributed by atoms with van der Waals surface area (Å²) in [6.07, 6.45) is 3.07. The normalized spacial score (nSPS) is 22.9. The molecule has 1 saturated heterocycles. The van der Waals surface area contributed by atoms with Gasteiger partial charge in [0.15, 0.2) is 0 Å². The number of carbonyl (C=O) groups is 1. The number of halogens is 1. The van der Waals surface area contributed by atoms with E-state index in [1.807, 2.05) is 25.1 Å². The Balaban J connectivity index is 2.14. The smallest absolute Gasteiger partial charge is 0.244 e. The van der Waals surface area contributed by atoms with Crippen LogP contribution in [-0.4, -0.2) is 25.1 Å². The van der Waals surface area contributed by atoms with Crippen molar-refractivity contribution >= 4 is 27.5 Å². The van der Waals surface area contributed by atoms with Gasteiger partial charge in [-0.2, -0.15) is 0 Å². The molecule has 19 heavy (non-hydrogen) atoms. The summed E-state index contributed by atoms with van der Waals surface area (Å²) in [6.45, 7) is 2.85. The lowest BCUT2D eigenvalue weighted by atomic mass is 9.90. The molecule has 1 amide bonds. The third-order valence-corrected chi connectivity index (χ3v) is 4.23. The molecular weight excluding hydrogens is 308 g/mol. The zero-order valence-corrected chi connectivity index (χ0v) is 12.8. The topological polar surface area (TPSA) is 50.4 Å². The van der Waals surface area contributed by atoms with Crippen molar-refractivity contribution in [3.8, 4) is 5.75 Å². The molecule has 0 bridgehead atoms. The molecule has 1 aliphatic rings. The molecule has 0 aromatic heterocycles. The van der Waals surface area contributed by atoms with E-state index in [1.165, 1.54) is 0 Å². The predicted molar refractivity (Wildman–Crippen MR) is 79.6 cm³/mol. The van der Waals surface area contributed by atoms with Gasteiger partial charge in [0, 0.05) is 10.5 Å². The summed E-state index contributed by atoms with van der Waals surface area (Å²) >= 11 is 3.44. The highest BCUT2D eigenvalue weighted by atomic mass is 79.9. The van der Waals surface area contributed by atoms with Gasteiger partial charge in [0.1, 0.15) is 5.75 Å². The van der Waals surface area contributed by atoms with Gasteiger partial charge in [0.25, 0.3) is 0 Å². The molecule has 0 aliphatic carbocycles. The van der Waals surface area contributed by atoms with Crippen LogP contribution in [0.1, 0.15) is 26.2 Å². The molecule has 2 rings (SSSR count). The van der Waals surface area contributed by atoms with E-state index in [4.69, 9.17) is 4.74 Å². The first-order valence-electron chi connectivity index (χ1n) is 6.45. The maximum Gasteiger partial charge on any atom is 0.244 e. The Kier molecular flexibility index (Phi) is 4.47. The highest BCUT2D eigenvalue weighted by Crippen LogP contribution is 2.29. The second-order valence-electron chi connectivity index (χ2n) is 5.02. The summed E-state index contributed by atoms with van der Waals surface area (Å²) in [5, 5.41) is 6.27. The van der Waals surface area contributed by atoms with Gasteiger partial charge in [-0.15, -0.1) is 0 Å². The van der Waals surface area contributed by atoms with E-state index in [1.54, 1.807) is 7.11 Å². The molecule has 1 unspecified atom stereocenters. The molecule has 1 fully saturated rings. The zero-order valence-electron chi connectivity index (χ0n) is 11.3. The summed E-state index contributed by atoms with van der Waals surface area (Å²) in [4.78, 5) is 12.4. The fourth-order valence-corrected chi connectivity index (χ4v) is 2.58. The minimum Gasteiger partial charge on any atom is -0.497 e. The second kappa shape index (κ2) is 5.92. The molecule has 4 nitrogen and oxygen atoms in total. The molecule has 1 aromatic rings. The van der Waals surface area contributed by atoms with E-state index in [2.05, 4.69) is 26.6 Å². The molecular formula is C14H19BrN2O2. The number of methoxy groups -OCH3 is 1. The van der Waals surface area contributed by atoms with Gasteiger partial charge in [-0.1, -0.05) is 0 Å². The number of amides is 1. The molecule has 0 radical (unpaired) electrons. The third-order valence-electron chi connectivity index (χ3n) is 3.54. The fraction of sp³-hybridized carbons (Fsp3) is 0.500. The summed E-state index contributed by atoms with van der Waals surface area (Å²) in [7, 11) is 1.61. The lowest BCUT2D eigenvalue weighted by molar-refractivity contribution is -0.122. The van der Waals surface area contributed by atoms with Crippen LogP contribution in [0.4, 0.5) is 5.69 Å². The van der Waals surface area contributed by atoms with Crippen LogP contribution in [0, 0.1) is 0 Å². The fourth-order valence-electron chi connectivity index (χ4n) is 2.24. The minimum atomic E-state index is -0.485. The third kappa shape index (κ3) is 3.28. The Morgan fingerprint density at radius 1 is 1.47 bits per heavy atom. The second-order valence-corrected chi connectivity index (χ2v) is 5.87. The highest BCUT2D eigenvalue weighted by molar-refractivity contribution is 9.10. The molecule has 5 heteroatoms. The monoisotopic (exact) mass is 326 g/mol. The van der Waals surface area contributed by atoms with Gasteiger partial charge >= 0.3 is 0 Å². The zero-order chi connectivity index (χ0) is 13.9. The molecule has 0 saturated carbocycles. The Labute approximate surface area is 122 Å². The summed E-state index contributed by atoms with van der Waals surface area (Å²) < 4.78 is 6.02. The molecule has 1 atom stereocenters. The van der Waals surface area contributed by atoms with E-state index in [9.17, 15) is 4.79 Å². The van der Waals surface area contributed by atoms with Crippen molar-refractivity contribution in [3.63, 3.8) is 0 Å². The van der Waals surface area contributed by atoms with Crippen LogP contribution in [0.3, 0.4) is 0 Å². The molecule has 104 valence electrons. The van der Waals surface area contributed by atoms with E-state index in [-0.39, 0.29) is 5.91 Å². The summed E-state index contributed by atoms with van der Waals surface area (Å²) in [5.74, 6) is 0.724. The van der Waals surface area contributed by atoms with Crippen molar-refractivity contribution in [2.24, 2.45) is 0 Å². The maximum absolute atomic E-state index is 12.4. The van der Waals surface area contributed by atoms with Gasteiger partial charge < -0.3 is 15.4 Å².